The van der Waals surface area contributed by atoms with Gasteiger partial charge < -0.3 is 37.9 Å². The van der Waals surface area contributed by atoms with Crippen LogP contribution in [0.25, 0.3) is 0 Å². The van der Waals surface area contributed by atoms with Gasteiger partial charge in [-0.25, -0.2) is 0 Å². The molecule has 3 rings (SSSR count). The maximum Gasteiger partial charge on any atom is 0.303 e. The van der Waals surface area contributed by atoms with Crippen LogP contribution in [0.1, 0.15) is 27.7 Å². The Morgan fingerprint density at radius 2 is 1.58 bits per heavy atom. The maximum absolute atomic E-state index is 12.0. The van der Waals surface area contributed by atoms with E-state index in [0.29, 0.717) is 13.2 Å². The van der Waals surface area contributed by atoms with Gasteiger partial charge in [0.05, 0.1) is 25.4 Å². The van der Waals surface area contributed by atoms with Gasteiger partial charge in [-0.2, -0.15) is 0 Å². The number of ether oxygens (including phenoxy) is 8. The summed E-state index contributed by atoms with van der Waals surface area (Å²) in [5.41, 5.74) is 1.73. The Balaban J connectivity index is 1.96. The molecule has 0 aromatic heterocycles. The van der Waals surface area contributed by atoms with Crippen LogP contribution in [0, 0.1) is 5.92 Å². The van der Waals surface area contributed by atoms with Crippen molar-refractivity contribution < 1.29 is 57.1 Å². The highest BCUT2D eigenvalue weighted by Crippen LogP contribution is 2.37. The third kappa shape index (κ3) is 6.71. The highest BCUT2D eigenvalue weighted by atomic mass is 16.8. The van der Waals surface area contributed by atoms with Crippen LogP contribution in [0.15, 0.2) is 36.1 Å². The highest BCUT2D eigenvalue weighted by molar-refractivity contribution is 5.68. The maximum atomic E-state index is 12.0. The van der Waals surface area contributed by atoms with Crippen molar-refractivity contribution in [2.45, 2.75) is 64.7 Å². The van der Waals surface area contributed by atoms with Crippen molar-refractivity contribution in [3.63, 3.8) is 0 Å². The van der Waals surface area contributed by atoms with E-state index in [1.165, 1.54) is 13.2 Å². The summed E-state index contributed by atoms with van der Waals surface area (Å²) in [6.07, 6.45) is -2.40. The first kappa shape index (κ1) is 27.4. The van der Waals surface area contributed by atoms with E-state index in [4.69, 9.17) is 37.9 Å². The summed E-state index contributed by atoms with van der Waals surface area (Å²) < 4.78 is 44.6. The molecule has 3 aliphatic heterocycles. The fraction of sp³-hybridized carbons (Fsp3) is 0.583. The average molecular weight is 510 g/mol. The fourth-order valence-corrected chi connectivity index (χ4v) is 4.15. The van der Waals surface area contributed by atoms with Gasteiger partial charge >= 0.3 is 23.9 Å². The molecule has 1 fully saturated rings. The third-order valence-corrected chi connectivity index (χ3v) is 5.52. The molecule has 0 saturated carbocycles. The minimum Gasteiger partial charge on any atom is -0.471 e. The summed E-state index contributed by atoms with van der Waals surface area (Å²) in [6.45, 7) is 8.91. The van der Waals surface area contributed by atoms with Gasteiger partial charge in [-0.1, -0.05) is 12.2 Å². The first-order valence-corrected chi connectivity index (χ1v) is 11.3. The largest absolute Gasteiger partial charge is 0.471 e. The molecular weight excluding hydrogens is 480 g/mol. The minimum atomic E-state index is -1.37. The van der Waals surface area contributed by atoms with Crippen molar-refractivity contribution in [1.29, 1.82) is 0 Å². The van der Waals surface area contributed by atoms with Crippen molar-refractivity contribution in [2.24, 2.45) is 5.92 Å². The van der Waals surface area contributed by atoms with Gasteiger partial charge in [-0.05, 0) is 5.57 Å². The molecule has 7 atom stereocenters. The van der Waals surface area contributed by atoms with Gasteiger partial charge in [0.25, 0.3) is 0 Å². The molecular formula is C24H30O12. The molecule has 7 unspecified atom stereocenters. The summed E-state index contributed by atoms with van der Waals surface area (Å²) in [6, 6.07) is 0. The van der Waals surface area contributed by atoms with Crippen LogP contribution in [0.5, 0.6) is 0 Å². The molecule has 3 heterocycles. The Hall–Kier alpha value is -3.22. The number of carbonyl (C=O) groups excluding carboxylic acids is 4. The van der Waals surface area contributed by atoms with Crippen LogP contribution in [0.2, 0.25) is 0 Å². The Morgan fingerprint density at radius 3 is 2.19 bits per heavy atom. The summed E-state index contributed by atoms with van der Waals surface area (Å²) in [5.74, 6) is -3.23. The van der Waals surface area contributed by atoms with Crippen LogP contribution >= 0.6 is 0 Å². The van der Waals surface area contributed by atoms with E-state index in [1.807, 2.05) is 6.08 Å². The monoisotopic (exact) mass is 510 g/mol. The second-order valence-corrected chi connectivity index (χ2v) is 8.29. The van der Waals surface area contributed by atoms with E-state index in [2.05, 4.69) is 6.58 Å². The SMILES string of the molecule is C=CC1C2=CCOCC2=COC1OC1OC(COC(C)=O)C(OC(C)=O)C(OC(C)=O)C1OC(C)=O. The zero-order valence-corrected chi connectivity index (χ0v) is 20.5. The molecule has 0 aliphatic carbocycles. The summed E-state index contributed by atoms with van der Waals surface area (Å²) in [5, 5.41) is 0. The molecule has 0 aromatic carbocycles. The lowest BCUT2D eigenvalue weighted by atomic mass is 9.89. The molecule has 12 heteroatoms. The van der Waals surface area contributed by atoms with Crippen LogP contribution in [-0.4, -0.2) is 80.7 Å². The van der Waals surface area contributed by atoms with Gasteiger partial charge in [0, 0.05) is 33.3 Å². The fourth-order valence-electron chi connectivity index (χ4n) is 4.15. The molecule has 3 aliphatic rings. The average Bonchev–Trinajstić information content (AvgIpc) is 2.80. The third-order valence-electron chi connectivity index (χ3n) is 5.52. The number of fused-ring (bicyclic) bond motifs is 1. The topological polar surface area (TPSA) is 142 Å². The lowest BCUT2D eigenvalue weighted by molar-refractivity contribution is -0.339. The molecule has 0 amide bonds. The summed E-state index contributed by atoms with van der Waals surface area (Å²) >= 11 is 0. The van der Waals surface area contributed by atoms with Gasteiger partial charge in [0.1, 0.15) is 12.7 Å². The number of esters is 4. The van der Waals surface area contributed by atoms with Crippen molar-refractivity contribution in [3.05, 3.63) is 36.1 Å². The second-order valence-electron chi connectivity index (χ2n) is 8.29. The first-order chi connectivity index (χ1) is 17.1. The van der Waals surface area contributed by atoms with E-state index < -0.39 is 66.8 Å². The van der Waals surface area contributed by atoms with Crippen molar-refractivity contribution >= 4 is 23.9 Å². The molecule has 0 spiro atoms. The van der Waals surface area contributed by atoms with Crippen LogP contribution in [-0.2, 0) is 57.1 Å². The number of carbonyl (C=O) groups is 4. The van der Waals surface area contributed by atoms with E-state index in [1.54, 1.807) is 6.08 Å². The predicted molar refractivity (Wildman–Crippen MR) is 119 cm³/mol. The van der Waals surface area contributed by atoms with Crippen molar-refractivity contribution in [1.82, 2.24) is 0 Å². The van der Waals surface area contributed by atoms with E-state index >= 15 is 0 Å². The summed E-state index contributed by atoms with van der Waals surface area (Å²) in [7, 11) is 0. The Kier molecular flexibility index (Phi) is 9.24. The quantitative estimate of drug-likeness (QED) is 0.262. The van der Waals surface area contributed by atoms with Crippen molar-refractivity contribution in [3.8, 4) is 0 Å². The van der Waals surface area contributed by atoms with E-state index in [-0.39, 0.29) is 6.61 Å². The molecule has 0 aromatic rings. The minimum absolute atomic E-state index is 0.360. The lowest BCUT2D eigenvalue weighted by Crippen LogP contribution is -2.63. The Bertz CT molecular complexity index is 937. The van der Waals surface area contributed by atoms with Crippen LogP contribution in [0.3, 0.4) is 0 Å². The van der Waals surface area contributed by atoms with Gasteiger partial charge in [-0.15, -0.1) is 6.58 Å². The Morgan fingerprint density at radius 1 is 0.944 bits per heavy atom. The van der Waals surface area contributed by atoms with Gasteiger partial charge in [0.15, 0.2) is 18.3 Å². The molecule has 0 radical (unpaired) electrons. The first-order valence-electron chi connectivity index (χ1n) is 11.3. The van der Waals surface area contributed by atoms with Gasteiger partial charge in [-0.3, -0.25) is 19.2 Å². The molecule has 198 valence electrons. The number of hydrogen-bond acceptors (Lipinski definition) is 12. The molecule has 0 N–H and O–H groups in total. The van der Waals surface area contributed by atoms with Gasteiger partial charge in [0.2, 0.25) is 12.6 Å². The number of rotatable bonds is 8. The van der Waals surface area contributed by atoms with Crippen molar-refractivity contribution in [2.75, 3.05) is 19.8 Å². The smallest absolute Gasteiger partial charge is 0.303 e. The zero-order chi connectivity index (χ0) is 26.4. The molecule has 36 heavy (non-hydrogen) atoms. The summed E-state index contributed by atoms with van der Waals surface area (Å²) in [4.78, 5) is 47.3. The molecule has 1 saturated heterocycles. The second kappa shape index (κ2) is 12.2. The standard InChI is InChI=1S/C24H30O12/c1-6-17-18-7-8-29-9-16(18)10-31-23(17)36-24-22(34-15(5)28)21(33-14(4)27)20(32-13(3)26)19(35-24)11-30-12(2)25/h6-7,10,17,19-24H,1,8-9,11H2,2-5H3. The predicted octanol–water partition coefficient (Wildman–Crippen LogP) is 1.09. The normalized spacial score (nSPS) is 31.4. The van der Waals surface area contributed by atoms with E-state index in [9.17, 15) is 19.2 Å². The molecule has 0 bridgehead atoms. The Labute approximate surface area is 208 Å². The zero-order valence-electron chi connectivity index (χ0n) is 20.5. The number of hydrogen-bond donors (Lipinski definition) is 0. The lowest BCUT2D eigenvalue weighted by Gasteiger charge is -2.45. The highest BCUT2D eigenvalue weighted by Gasteiger charge is 2.54. The van der Waals surface area contributed by atoms with E-state index in [0.717, 1.165) is 31.9 Å². The van der Waals surface area contributed by atoms with Crippen LogP contribution in [0.4, 0.5) is 0 Å². The van der Waals surface area contributed by atoms with Crippen LogP contribution < -0.4 is 0 Å². The molecule has 12 nitrogen and oxygen atoms in total.